The van der Waals surface area contributed by atoms with Crippen LogP contribution in [0.25, 0.3) is 22.3 Å². The Hall–Kier alpha value is -4.82. The highest BCUT2D eigenvalue weighted by atomic mass is 19.1. The highest BCUT2D eigenvalue weighted by molar-refractivity contribution is 5.99. The van der Waals surface area contributed by atoms with Crippen molar-refractivity contribution < 1.29 is 13.9 Å². The van der Waals surface area contributed by atoms with E-state index in [1.54, 1.807) is 39.9 Å². The molecule has 4 N–H and O–H groups in total. The fourth-order valence-corrected chi connectivity index (χ4v) is 5.09. The average molecular weight is 539 g/mol. The summed E-state index contributed by atoms with van der Waals surface area (Å²) < 4.78 is 22.8. The number of nitrogens with zero attached hydrogens (tertiary/aromatic N) is 6. The van der Waals surface area contributed by atoms with E-state index < -0.39 is 11.4 Å². The summed E-state index contributed by atoms with van der Waals surface area (Å²) in [5.74, 6) is 0.216. The van der Waals surface area contributed by atoms with Gasteiger partial charge in [0.05, 0.1) is 18.0 Å². The number of amides is 1. The minimum atomic E-state index is -0.566. The molecule has 4 aromatic rings. The maximum absolute atomic E-state index is 15.4. The Kier molecular flexibility index (Phi) is 6.40. The number of anilines is 1. The number of nitrogens with two attached hydrogens (primary N) is 2. The number of fused-ring (bicyclic) bond motifs is 1. The van der Waals surface area contributed by atoms with Crippen molar-refractivity contribution >= 4 is 22.8 Å². The van der Waals surface area contributed by atoms with Crippen molar-refractivity contribution in [3.63, 3.8) is 0 Å². The maximum Gasteiger partial charge on any atom is 0.264 e. The summed E-state index contributed by atoms with van der Waals surface area (Å²) in [4.78, 5) is 23.5. The second-order valence-corrected chi connectivity index (χ2v) is 10.2. The van der Waals surface area contributed by atoms with E-state index in [0.29, 0.717) is 41.3 Å². The number of nitriles is 1. The Morgan fingerprint density at radius 2 is 2.00 bits per heavy atom. The van der Waals surface area contributed by atoms with E-state index in [1.165, 1.54) is 12.4 Å². The molecule has 0 bridgehead atoms. The molecule has 1 amide bonds. The van der Waals surface area contributed by atoms with E-state index in [2.05, 4.69) is 9.97 Å². The Labute approximate surface area is 229 Å². The van der Waals surface area contributed by atoms with Gasteiger partial charge in [-0.25, -0.2) is 19.0 Å². The lowest BCUT2D eigenvalue weighted by atomic mass is 10.1. The number of hydrogen-bond acceptors (Lipinski definition) is 8. The zero-order valence-electron chi connectivity index (χ0n) is 21.6. The fraction of sp³-hybridized carbons (Fsp3) is 0.276. The number of carbonyl (C=O) groups excluding carboxylic acids is 1. The number of nitrogen functional groups attached to an aromatic ring is 1. The molecule has 0 unspecified atom stereocenters. The van der Waals surface area contributed by atoms with E-state index in [4.69, 9.17) is 21.3 Å². The number of benzene rings is 2. The van der Waals surface area contributed by atoms with Crippen molar-refractivity contribution in [3.8, 4) is 28.8 Å². The van der Waals surface area contributed by atoms with Crippen molar-refractivity contribution in [2.24, 2.45) is 5.73 Å². The molecule has 2 fully saturated rings. The van der Waals surface area contributed by atoms with Crippen LogP contribution in [0.3, 0.4) is 0 Å². The SMILES string of the molecule is N#CC(=CC1(N)CC1)C(=O)N1CCC[C@H]1Cn1nc(-c2ccc(Oc3ccccc3)cc2F)c2c(N)ncnc21. The average Bonchev–Trinajstić information content (AvgIpc) is 3.32. The molecular formula is C29H27FN8O2. The predicted octanol–water partition coefficient (Wildman–Crippen LogP) is 3.94. The van der Waals surface area contributed by atoms with E-state index >= 15 is 4.39 Å². The second-order valence-electron chi connectivity index (χ2n) is 10.2. The maximum atomic E-state index is 15.4. The Morgan fingerprint density at radius 1 is 1.20 bits per heavy atom. The number of carbonyl (C=O) groups is 1. The largest absolute Gasteiger partial charge is 0.457 e. The minimum Gasteiger partial charge on any atom is -0.457 e. The molecule has 11 heteroatoms. The van der Waals surface area contributed by atoms with Gasteiger partial charge >= 0.3 is 0 Å². The molecule has 3 heterocycles. The lowest BCUT2D eigenvalue weighted by Crippen LogP contribution is -2.39. The van der Waals surface area contributed by atoms with Crippen LogP contribution in [0, 0.1) is 17.1 Å². The lowest BCUT2D eigenvalue weighted by Gasteiger charge is -2.24. The van der Waals surface area contributed by atoms with Crippen LogP contribution in [0.5, 0.6) is 11.5 Å². The first-order valence-corrected chi connectivity index (χ1v) is 13.1. The third-order valence-electron chi connectivity index (χ3n) is 7.36. The predicted molar refractivity (Wildman–Crippen MR) is 146 cm³/mol. The molecule has 0 spiro atoms. The molecule has 1 saturated carbocycles. The number of ether oxygens (including phenoxy) is 1. The first-order chi connectivity index (χ1) is 19.3. The number of rotatable bonds is 7. The van der Waals surface area contributed by atoms with Crippen LogP contribution in [0.1, 0.15) is 25.7 Å². The molecule has 2 aromatic carbocycles. The first kappa shape index (κ1) is 25.5. The van der Waals surface area contributed by atoms with Crippen molar-refractivity contribution in [2.45, 2.75) is 43.8 Å². The summed E-state index contributed by atoms with van der Waals surface area (Å²) in [6, 6.07) is 15.4. The third kappa shape index (κ3) is 4.85. The van der Waals surface area contributed by atoms with Gasteiger partial charge in [0, 0.05) is 23.7 Å². The molecule has 2 aromatic heterocycles. The smallest absolute Gasteiger partial charge is 0.264 e. The molecule has 40 heavy (non-hydrogen) atoms. The van der Waals surface area contributed by atoms with Crippen molar-refractivity contribution in [1.82, 2.24) is 24.6 Å². The minimum absolute atomic E-state index is 0.0596. The second kappa shape index (κ2) is 10.1. The molecule has 202 valence electrons. The molecule has 1 saturated heterocycles. The third-order valence-corrected chi connectivity index (χ3v) is 7.36. The van der Waals surface area contributed by atoms with Crippen LogP contribution in [0.15, 0.2) is 66.5 Å². The highest BCUT2D eigenvalue weighted by Crippen LogP contribution is 2.36. The van der Waals surface area contributed by atoms with E-state index in [1.807, 2.05) is 24.3 Å². The number of halogens is 1. The van der Waals surface area contributed by atoms with Crippen LogP contribution in [-0.4, -0.2) is 48.7 Å². The van der Waals surface area contributed by atoms with Gasteiger partial charge in [-0.05, 0) is 56.0 Å². The molecular weight excluding hydrogens is 511 g/mol. The van der Waals surface area contributed by atoms with Gasteiger partial charge in [0.1, 0.15) is 46.8 Å². The quantitative estimate of drug-likeness (QED) is 0.265. The standard InChI is InChI=1S/C29H27FN8O2/c30-23-13-21(40-20-6-2-1-3-7-20)8-9-22(23)25-24-26(32)34-17-35-27(24)38(36-25)16-19-5-4-12-37(19)28(39)18(15-31)14-29(33)10-11-29/h1-3,6-9,13-14,17,19H,4-5,10-12,16,33H2,(H2,32,34,35)/t19-/m0/s1. The van der Waals surface area contributed by atoms with E-state index in [9.17, 15) is 10.1 Å². The van der Waals surface area contributed by atoms with Gasteiger partial charge in [0.2, 0.25) is 0 Å². The Bertz CT molecular complexity index is 1670. The summed E-state index contributed by atoms with van der Waals surface area (Å²) in [6.07, 6.45) is 5.94. The van der Waals surface area contributed by atoms with Crippen LogP contribution in [-0.2, 0) is 11.3 Å². The number of likely N-dealkylation sites (tertiary alicyclic amines) is 1. The van der Waals surface area contributed by atoms with E-state index in [0.717, 1.165) is 25.7 Å². The summed E-state index contributed by atoms with van der Waals surface area (Å²) in [6.45, 7) is 0.808. The summed E-state index contributed by atoms with van der Waals surface area (Å²) in [5.41, 5.74) is 12.8. The van der Waals surface area contributed by atoms with Gasteiger partial charge in [-0.2, -0.15) is 10.4 Å². The van der Waals surface area contributed by atoms with Crippen molar-refractivity contribution in [1.29, 1.82) is 5.26 Å². The Balaban J connectivity index is 1.31. The van der Waals surface area contributed by atoms with Crippen molar-refractivity contribution in [2.75, 3.05) is 12.3 Å². The molecule has 2 aliphatic rings. The topological polar surface area (TPSA) is 149 Å². The molecule has 1 aliphatic heterocycles. The van der Waals surface area contributed by atoms with Gasteiger partial charge in [-0.1, -0.05) is 18.2 Å². The monoisotopic (exact) mass is 538 g/mol. The fourth-order valence-electron chi connectivity index (χ4n) is 5.09. The molecule has 10 nitrogen and oxygen atoms in total. The molecule has 0 radical (unpaired) electrons. The van der Waals surface area contributed by atoms with Crippen LogP contribution < -0.4 is 16.2 Å². The number of para-hydroxylation sites is 1. The van der Waals surface area contributed by atoms with Gasteiger partial charge < -0.3 is 21.1 Å². The Morgan fingerprint density at radius 3 is 2.73 bits per heavy atom. The van der Waals surface area contributed by atoms with Gasteiger partial charge in [-0.15, -0.1) is 0 Å². The number of hydrogen-bond donors (Lipinski definition) is 2. The first-order valence-electron chi connectivity index (χ1n) is 13.1. The highest BCUT2D eigenvalue weighted by Gasteiger charge is 2.39. The van der Waals surface area contributed by atoms with Crippen molar-refractivity contribution in [3.05, 3.63) is 72.3 Å². The van der Waals surface area contributed by atoms with Gasteiger partial charge in [0.25, 0.3) is 5.91 Å². The van der Waals surface area contributed by atoms with Gasteiger partial charge in [-0.3, -0.25) is 4.79 Å². The summed E-state index contributed by atoms with van der Waals surface area (Å²) in [5, 5.41) is 14.8. The van der Waals surface area contributed by atoms with Gasteiger partial charge in [0.15, 0.2) is 5.65 Å². The summed E-state index contributed by atoms with van der Waals surface area (Å²) in [7, 11) is 0. The van der Waals surface area contributed by atoms with E-state index in [-0.39, 0.29) is 28.9 Å². The van der Waals surface area contributed by atoms with Crippen LogP contribution in [0.4, 0.5) is 10.2 Å². The lowest BCUT2D eigenvalue weighted by molar-refractivity contribution is -0.127. The van der Waals surface area contributed by atoms with Crippen LogP contribution in [0.2, 0.25) is 0 Å². The number of aromatic nitrogens is 4. The summed E-state index contributed by atoms with van der Waals surface area (Å²) >= 11 is 0. The molecule has 1 atom stereocenters. The zero-order valence-corrected chi connectivity index (χ0v) is 21.6. The molecule has 6 rings (SSSR count). The van der Waals surface area contributed by atoms with Crippen LogP contribution >= 0.6 is 0 Å². The normalized spacial score (nSPS) is 18.1. The zero-order chi connectivity index (χ0) is 27.9. The molecule has 1 aliphatic carbocycles.